The minimum atomic E-state index is -0.457. The van der Waals surface area contributed by atoms with Crippen molar-refractivity contribution in [1.29, 1.82) is 0 Å². The fourth-order valence-electron chi connectivity index (χ4n) is 4.62. The molecule has 0 aliphatic heterocycles. The average Bonchev–Trinajstić information content (AvgIpc) is 3.33. The molecule has 2 aromatic heterocycles. The summed E-state index contributed by atoms with van der Waals surface area (Å²) in [5.41, 5.74) is 7.28. The van der Waals surface area contributed by atoms with E-state index >= 15 is 0 Å². The molecule has 0 amide bonds. The number of benzene rings is 2. The number of hydrogen-bond donors (Lipinski definition) is 2. The summed E-state index contributed by atoms with van der Waals surface area (Å²) in [7, 11) is 0. The lowest BCUT2D eigenvalue weighted by molar-refractivity contribution is 0.151. The van der Waals surface area contributed by atoms with Gasteiger partial charge in [0.1, 0.15) is 0 Å². The van der Waals surface area contributed by atoms with Crippen molar-refractivity contribution in [2.24, 2.45) is 0 Å². The van der Waals surface area contributed by atoms with Gasteiger partial charge < -0.3 is 15.0 Å². The van der Waals surface area contributed by atoms with Crippen molar-refractivity contribution in [1.82, 2.24) is 19.7 Å². The number of rotatable bonds is 6. The van der Waals surface area contributed by atoms with Crippen molar-refractivity contribution in [3.8, 4) is 16.9 Å². The maximum atomic E-state index is 10.8. The highest BCUT2D eigenvalue weighted by atomic mass is 16.3. The highest BCUT2D eigenvalue weighted by Gasteiger charge is 2.28. The van der Waals surface area contributed by atoms with E-state index < -0.39 is 6.10 Å². The minimum absolute atomic E-state index is 0.352. The van der Waals surface area contributed by atoms with Crippen LogP contribution in [-0.2, 0) is 19.4 Å². The molecule has 5 rings (SSSR count). The van der Waals surface area contributed by atoms with Gasteiger partial charge in [0.25, 0.3) is 0 Å². The molecule has 1 atom stereocenters. The van der Waals surface area contributed by atoms with E-state index in [4.69, 9.17) is 5.10 Å². The lowest BCUT2D eigenvalue weighted by atomic mass is 9.93. The lowest BCUT2D eigenvalue weighted by Gasteiger charge is -2.21. The third-order valence-electron chi connectivity index (χ3n) is 5.97. The van der Waals surface area contributed by atoms with Crippen LogP contribution in [0.5, 0.6) is 0 Å². The molecule has 0 fully saturated rings. The summed E-state index contributed by atoms with van der Waals surface area (Å²) in [5.74, 6) is 0. The first-order chi connectivity index (χ1) is 14.6. The summed E-state index contributed by atoms with van der Waals surface area (Å²) in [4.78, 5) is 0. The molecular weight excluding hydrogens is 372 g/mol. The van der Waals surface area contributed by atoms with E-state index in [1.54, 1.807) is 0 Å². The zero-order valence-electron chi connectivity index (χ0n) is 17.5. The number of aliphatic hydroxyl groups is 1. The fourth-order valence-corrected chi connectivity index (χ4v) is 4.62. The molecule has 0 saturated heterocycles. The first kappa shape index (κ1) is 19.1. The van der Waals surface area contributed by atoms with E-state index in [0.717, 1.165) is 18.5 Å². The second-order valence-electron chi connectivity index (χ2n) is 8.42. The molecule has 0 saturated carbocycles. The highest BCUT2D eigenvalue weighted by molar-refractivity contribution is 5.93. The first-order valence-corrected chi connectivity index (χ1v) is 10.8. The standard InChI is InChI=1S/C25H28N4O/c1-17(2)26-14-19(30)16-28-23-11-7-6-10-20(23)21-12-13-24-22(25(21)28)15-27-29(24)18-8-4-3-5-9-18/h3-11,15,17,19,26,30H,12-14,16H2,1-2H3/t19-/m0/s1. The summed E-state index contributed by atoms with van der Waals surface area (Å²) in [5, 5.41) is 20.1. The Bertz CT molecular complexity index is 1170. The lowest BCUT2D eigenvalue weighted by Crippen LogP contribution is -2.34. The van der Waals surface area contributed by atoms with Crippen LogP contribution in [0.4, 0.5) is 0 Å². The van der Waals surface area contributed by atoms with Gasteiger partial charge in [-0.2, -0.15) is 5.10 Å². The van der Waals surface area contributed by atoms with Crippen LogP contribution in [0.15, 0.2) is 60.8 Å². The Morgan fingerprint density at radius 3 is 2.60 bits per heavy atom. The van der Waals surface area contributed by atoms with E-state index in [1.807, 2.05) is 24.4 Å². The molecule has 2 aromatic carbocycles. The zero-order chi connectivity index (χ0) is 20.7. The Balaban J connectivity index is 1.62. The van der Waals surface area contributed by atoms with Gasteiger partial charge in [-0.25, -0.2) is 4.68 Å². The summed E-state index contributed by atoms with van der Waals surface area (Å²) >= 11 is 0. The van der Waals surface area contributed by atoms with Crippen LogP contribution in [-0.4, -0.2) is 38.1 Å². The van der Waals surface area contributed by atoms with Crippen molar-refractivity contribution < 1.29 is 5.11 Å². The van der Waals surface area contributed by atoms with Crippen molar-refractivity contribution >= 4 is 10.9 Å². The molecule has 154 valence electrons. The van der Waals surface area contributed by atoms with Crippen LogP contribution in [0.25, 0.3) is 27.8 Å². The number of nitrogens with one attached hydrogen (secondary N) is 1. The SMILES string of the molecule is CC(C)NC[C@H](O)Cn1c2c(c3ccccc31)CCc1c-2cnn1-c1ccccc1. The Hall–Kier alpha value is -2.89. The predicted molar refractivity (Wildman–Crippen MR) is 121 cm³/mol. The molecule has 30 heavy (non-hydrogen) atoms. The summed E-state index contributed by atoms with van der Waals surface area (Å²) in [6.07, 6.45) is 3.48. The van der Waals surface area contributed by atoms with Crippen LogP contribution in [0.2, 0.25) is 0 Å². The largest absolute Gasteiger partial charge is 0.390 e. The molecule has 0 bridgehead atoms. The third-order valence-corrected chi connectivity index (χ3v) is 5.97. The number of aryl methyl sites for hydroxylation is 1. The Labute approximate surface area is 177 Å². The van der Waals surface area contributed by atoms with E-state index in [2.05, 4.69) is 64.8 Å². The molecule has 0 unspecified atom stereocenters. The molecule has 2 heterocycles. The van der Waals surface area contributed by atoms with Gasteiger partial charge in [0.2, 0.25) is 0 Å². The van der Waals surface area contributed by atoms with E-state index in [-0.39, 0.29) is 0 Å². The smallest absolute Gasteiger partial charge is 0.0843 e. The molecule has 0 radical (unpaired) electrons. The van der Waals surface area contributed by atoms with E-state index in [9.17, 15) is 5.11 Å². The number of hydrogen-bond acceptors (Lipinski definition) is 3. The molecule has 0 spiro atoms. The number of nitrogens with zero attached hydrogens (tertiary/aromatic N) is 3. The Morgan fingerprint density at radius 1 is 1.03 bits per heavy atom. The van der Waals surface area contributed by atoms with Crippen LogP contribution >= 0.6 is 0 Å². The van der Waals surface area contributed by atoms with Gasteiger partial charge >= 0.3 is 0 Å². The normalized spacial score (nSPS) is 14.1. The van der Waals surface area contributed by atoms with Crippen molar-refractivity contribution in [2.45, 2.75) is 45.4 Å². The molecule has 4 aromatic rings. The van der Waals surface area contributed by atoms with Gasteiger partial charge in [0.05, 0.1) is 35.9 Å². The maximum Gasteiger partial charge on any atom is 0.0843 e. The van der Waals surface area contributed by atoms with Crippen molar-refractivity contribution in [3.63, 3.8) is 0 Å². The van der Waals surface area contributed by atoms with Gasteiger partial charge in [-0.1, -0.05) is 50.2 Å². The third kappa shape index (κ3) is 3.24. The molecule has 1 aliphatic rings. The van der Waals surface area contributed by atoms with Crippen LogP contribution in [0.1, 0.15) is 25.1 Å². The Morgan fingerprint density at radius 2 is 1.80 bits per heavy atom. The number of aliphatic hydroxyl groups excluding tert-OH is 1. The van der Waals surface area contributed by atoms with Crippen LogP contribution < -0.4 is 5.32 Å². The molecular formula is C25H28N4O. The predicted octanol–water partition coefficient (Wildman–Crippen LogP) is 3.95. The summed E-state index contributed by atoms with van der Waals surface area (Å²) in [6.45, 7) is 5.34. The van der Waals surface area contributed by atoms with Gasteiger partial charge in [-0.05, 0) is 36.6 Å². The van der Waals surface area contributed by atoms with Crippen molar-refractivity contribution in [3.05, 3.63) is 72.1 Å². The molecule has 5 nitrogen and oxygen atoms in total. The number of aromatic nitrogens is 3. The molecule has 2 N–H and O–H groups in total. The van der Waals surface area contributed by atoms with E-state index in [0.29, 0.717) is 19.1 Å². The Kier molecular flexibility index (Phi) is 4.93. The number of fused-ring (bicyclic) bond motifs is 5. The summed E-state index contributed by atoms with van der Waals surface area (Å²) in [6, 6.07) is 19.2. The highest BCUT2D eigenvalue weighted by Crippen LogP contribution is 2.40. The van der Waals surface area contributed by atoms with Crippen LogP contribution in [0.3, 0.4) is 0 Å². The van der Waals surface area contributed by atoms with Gasteiger partial charge in [0.15, 0.2) is 0 Å². The fraction of sp³-hybridized carbons (Fsp3) is 0.320. The zero-order valence-corrected chi connectivity index (χ0v) is 17.5. The second-order valence-corrected chi connectivity index (χ2v) is 8.42. The monoisotopic (exact) mass is 400 g/mol. The van der Waals surface area contributed by atoms with Crippen molar-refractivity contribution in [2.75, 3.05) is 6.54 Å². The quantitative estimate of drug-likeness (QED) is 0.515. The second kappa shape index (κ2) is 7.74. The number of para-hydroxylation sites is 2. The minimum Gasteiger partial charge on any atom is -0.390 e. The topological polar surface area (TPSA) is 55.0 Å². The van der Waals surface area contributed by atoms with Gasteiger partial charge in [-0.3, -0.25) is 0 Å². The molecule has 1 aliphatic carbocycles. The van der Waals surface area contributed by atoms with E-state index in [1.165, 1.54) is 33.4 Å². The first-order valence-electron chi connectivity index (χ1n) is 10.8. The van der Waals surface area contributed by atoms with Gasteiger partial charge in [-0.15, -0.1) is 0 Å². The van der Waals surface area contributed by atoms with Crippen LogP contribution in [0, 0.1) is 0 Å². The van der Waals surface area contributed by atoms with Gasteiger partial charge in [0, 0.05) is 29.1 Å². The summed E-state index contributed by atoms with van der Waals surface area (Å²) < 4.78 is 4.36. The average molecular weight is 401 g/mol. The molecule has 5 heteroatoms. The maximum absolute atomic E-state index is 10.8.